The third-order valence-electron chi connectivity index (χ3n) is 2.58. The Labute approximate surface area is 123 Å². The van der Waals surface area contributed by atoms with Gasteiger partial charge in [0.25, 0.3) is 0 Å². The van der Waals surface area contributed by atoms with Crippen LogP contribution in [0.3, 0.4) is 0 Å². The molecule has 1 atom stereocenters. The molecule has 19 heavy (non-hydrogen) atoms. The molecule has 1 aromatic rings. The number of aliphatic hydroxyl groups excluding tert-OH is 1. The van der Waals surface area contributed by atoms with E-state index in [-0.39, 0.29) is 0 Å². The van der Waals surface area contributed by atoms with E-state index in [4.69, 9.17) is 9.47 Å². The lowest BCUT2D eigenvalue weighted by molar-refractivity contribution is 0.121. The van der Waals surface area contributed by atoms with Crippen molar-refractivity contribution in [2.24, 2.45) is 0 Å². The second kappa shape index (κ2) is 8.53. The zero-order chi connectivity index (χ0) is 14.3. The highest BCUT2D eigenvalue weighted by Crippen LogP contribution is 2.28. The molecule has 5 heteroatoms. The molecule has 0 spiro atoms. The lowest BCUT2D eigenvalue weighted by Crippen LogP contribution is -2.20. The number of hydrogen-bond acceptors (Lipinski definition) is 4. The third kappa shape index (κ3) is 5.91. The first-order chi connectivity index (χ1) is 9.04. The Morgan fingerprint density at radius 3 is 2.79 bits per heavy atom. The molecule has 0 saturated carbocycles. The van der Waals surface area contributed by atoms with E-state index in [1.54, 1.807) is 14.0 Å². The molecule has 0 radical (unpaired) electrons. The van der Waals surface area contributed by atoms with Crippen LogP contribution in [0.5, 0.6) is 5.75 Å². The lowest BCUT2D eigenvalue weighted by atomic mass is 10.1. The zero-order valence-electron chi connectivity index (χ0n) is 11.7. The van der Waals surface area contributed by atoms with E-state index in [2.05, 4.69) is 21.2 Å². The maximum Gasteiger partial charge on any atom is 0.126 e. The number of methoxy groups -OCH3 is 1. The standard InChI is InChI=1S/C14H22BrNO3/c1-10-6-13(15)7-12(8-16-4-5-18-3)14(10)19-9-11(2)17/h6-7,11,16-17H,4-5,8-9H2,1-3H3. The molecule has 0 saturated heterocycles. The summed E-state index contributed by atoms with van der Waals surface area (Å²) in [5, 5.41) is 12.6. The lowest BCUT2D eigenvalue weighted by Gasteiger charge is -2.16. The van der Waals surface area contributed by atoms with E-state index < -0.39 is 6.10 Å². The van der Waals surface area contributed by atoms with Gasteiger partial charge in [0, 0.05) is 30.2 Å². The molecule has 1 unspecified atom stereocenters. The zero-order valence-corrected chi connectivity index (χ0v) is 13.3. The highest BCUT2D eigenvalue weighted by molar-refractivity contribution is 9.10. The first kappa shape index (κ1) is 16.4. The predicted molar refractivity (Wildman–Crippen MR) is 79.6 cm³/mol. The first-order valence-electron chi connectivity index (χ1n) is 6.34. The van der Waals surface area contributed by atoms with Gasteiger partial charge in [-0.15, -0.1) is 0 Å². The molecule has 0 heterocycles. The fourth-order valence-corrected chi connectivity index (χ4v) is 2.36. The van der Waals surface area contributed by atoms with Crippen molar-refractivity contribution in [3.05, 3.63) is 27.7 Å². The van der Waals surface area contributed by atoms with Crippen molar-refractivity contribution in [2.45, 2.75) is 26.5 Å². The molecule has 0 aromatic heterocycles. The van der Waals surface area contributed by atoms with Gasteiger partial charge in [0.15, 0.2) is 0 Å². The maximum atomic E-state index is 9.33. The number of aryl methyl sites for hydroxylation is 1. The Bertz CT molecular complexity index is 397. The highest BCUT2D eigenvalue weighted by Gasteiger charge is 2.10. The van der Waals surface area contributed by atoms with Crippen LogP contribution in [0.25, 0.3) is 0 Å². The van der Waals surface area contributed by atoms with Gasteiger partial charge in [0.1, 0.15) is 12.4 Å². The second-order valence-electron chi connectivity index (χ2n) is 4.54. The van der Waals surface area contributed by atoms with Gasteiger partial charge < -0.3 is 19.9 Å². The van der Waals surface area contributed by atoms with E-state index in [0.29, 0.717) is 19.8 Å². The molecule has 0 aliphatic heterocycles. The minimum Gasteiger partial charge on any atom is -0.490 e. The van der Waals surface area contributed by atoms with Crippen molar-refractivity contribution in [2.75, 3.05) is 26.9 Å². The van der Waals surface area contributed by atoms with Gasteiger partial charge in [0.2, 0.25) is 0 Å². The quantitative estimate of drug-likeness (QED) is 0.717. The van der Waals surface area contributed by atoms with Crippen LogP contribution in [0, 0.1) is 6.92 Å². The summed E-state index contributed by atoms with van der Waals surface area (Å²) >= 11 is 3.49. The summed E-state index contributed by atoms with van der Waals surface area (Å²) in [5.41, 5.74) is 2.13. The number of benzene rings is 1. The van der Waals surface area contributed by atoms with Crippen molar-refractivity contribution >= 4 is 15.9 Å². The van der Waals surface area contributed by atoms with E-state index in [0.717, 1.165) is 27.9 Å². The van der Waals surface area contributed by atoms with Crippen molar-refractivity contribution in [3.63, 3.8) is 0 Å². The van der Waals surface area contributed by atoms with Crippen LogP contribution in [-0.4, -0.2) is 38.1 Å². The fraction of sp³-hybridized carbons (Fsp3) is 0.571. The molecule has 1 rings (SSSR count). The highest BCUT2D eigenvalue weighted by atomic mass is 79.9. The van der Waals surface area contributed by atoms with Crippen molar-refractivity contribution in [3.8, 4) is 5.75 Å². The second-order valence-corrected chi connectivity index (χ2v) is 5.46. The van der Waals surface area contributed by atoms with Crippen LogP contribution in [-0.2, 0) is 11.3 Å². The van der Waals surface area contributed by atoms with Gasteiger partial charge >= 0.3 is 0 Å². The Balaban J connectivity index is 2.74. The number of hydrogen-bond donors (Lipinski definition) is 2. The molecule has 4 nitrogen and oxygen atoms in total. The minimum atomic E-state index is -0.475. The number of rotatable bonds is 8. The Morgan fingerprint density at radius 2 is 2.16 bits per heavy atom. The minimum absolute atomic E-state index is 0.299. The Morgan fingerprint density at radius 1 is 1.42 bits per heavy atom. The van der Waals surface area contributed by atoms with Crippen LogP contribution in [0.1, 0.15) is 18.1 Å². The largest absolute Gasteiger partial charge is 0.490 e. The molecular weight excluding hydrogens is 310 g/mol. The van der Waals surface area contributed by atoms with E-state index in [9.17, 15) is 5.11 Å². The van der Waals surface area contributed by atoms with Gasteiger partial charge in [-0.3, -0.25) is 0 Å². The van der Waals surface area contributed by atoms with E-state index in [1.165, 1.54) is 0 Å². The van der Waals surface area contributed by atoms with Gasteiger partial charge in [0.05, 0.1) is 12.7 Å². The number of ether oxygens (including phenoxy) is 2. The molecule has 0 fully saturated rings. The van der Waals surface area contributed by atoms with Crippen LogP contribution in [0.2, 0.25) is 0 Å². The average molecular weight is 332 g/mol. The molecule has 0 aliphatic rings. The summed E-state index contributed by atoms with van der Waals surface area (Å²) in [6.07, 6.45) is -0.475. The average Bonchev–Trinajstić information content (AvgIpc) is 2.33. The molecule has 0 bridgehead atoms. The maximum absolute atomic E-state index is 9.33. The Kier molecular flexibility index (Phi) is 7.38. The van der Waals surface area contributed by atoms with Crippen LogP contribution < -0.4 is 10.1 Å². The van der Waals surface area contributed by atoms with Crippen molar-refractivity contribution in [1.29, 1.82) is 0 Å². The molecule has 0 aliphatic carbocycles. The molecule has 0 amide bonds. The predicted octanol–water partition coefficient (Wildman–Crippen LogP) is 2.25. The number of nitrogens with one attached hydrogen (secondary N) is 1. The Hall–Kier alpha value is -0.620. The monoisotopic (exact) mass is 331 g/mol. The van der Waals surface area contributed by atoms with E-state index >= 15 is 0 Å². The van der Waals surface area contributed by atoms with Gasteiger partial charge in [-0.2, -0.15) is 0 Å². The SMILES string of the molecule is COCCNCc1cc(Br)cc(C)c1OCC(C)O. The van der Waals surface area contributed by atoms with Crippen molar-refractivity contribution in [1.82, 2.24) is 5.32 Å². The summed E-state index contributed by atoms with van der Waals surface area (Å²) in [5.74, 6) is 0.842. The fourth-order valence-electron chi connectivity index (χ4n) is 1.74. The summed E-state index contributed by atoms with van der Waals surface area (Å²) in [6.45, 7) is 6.19. The van der Waals surface area contributed by atoms with Crippen LogP contribution >= 0.6 is 15.9 Å². The third-order valence-corrected chi connectivity index (χ3v) is 3.04. The summed E-state index contributed by atoms with van der Waals surface area (Å²) in [7, 11) is 1.68. The first-order valence-corrected chi connectivity index (χ1v) is 7.13. The molecule has 108 valence electrons. The smallest absolute Gasteiger partial charge is 0.126 e. The topological polar surface area (TPSA) is 50.7 Å². The van der Waals surface area contributed by atoms with E-state index in [1.807, 2.05) is 19.1 Å². The van der Waals surface area contributed by atoms with Gasteiger partial charge in [-0.25, -0.2) is 0 Å². The summed E-state index contributed by atoms with van der Waals surface area (Å²) in [4.78, 5) is 0. The van der Waals surface area contributed by atoms with Crippen LogP contribution in [0.4, 0.5) is 0 Å². The molecule has 2 N–H and O–H groups in total. The van der Waals surface area contributed by atoms with Crippen molar-refractivity contribution < 1.29 is 14.6 Å². The number of aliphatic hydroxyl groups is 1. The number of halogens is 1. The van der Waals surface area contributed by atoms with Gasteiger partial charge in [-0.05, 0) is 31.5 Å². The summed E-state index contributed by atoms with van der Waals surface area (Å²) in [6, 6.07) is 4.04. The summed E-state index contributed by atoms with van der Waals surface area (Å²) < 4.78 is 11.7. The normalized spacial score (nSPS) is 12.5. The van der Waals surface area contributed by atoms with Gasteiger partial charge in [-0.1, -0.05) is 15.9 Å². The van der Waals surface area contributed by atoms with Crippen LogP contribution in [0.15, 0.2) is 16.6 Å². The molecule has 1 aromatic carbocycles. The molecular formula is C14H22BrNO3.